The second kappa shape index (κ2) is 7.79. The normalized spacial score (nSPS) is 16.9. The SMILES string of the molecule is O=C(c1cscn1)N1CCC[C@H](c2nccnc2Oc2ccccc2F)C1. The Labute approximate surface area is 159 Å². The van der Waals surface area contributed by atoms with Gasteiger partial charge in [0.1, 0.15) is 11.4 Å². The van der Waals surface area contributed by atoms with Gasteiger partial charge in [0.2, 0.25) is 5.88 Å². The van der Waals surface area contributed by atoms with Gasteiger partial charge in [0, 0.05) is 36.8 Å². The zero-order valence-corrected chi connectivity index (χ0v) is 15.2. The third-order valence-electron chi connectivity index (χ3n) is 4.48. The van der Waals surface area contributed by atoms with Crippen molar-refractivity contribution >= 4 is 17.2 Å². The highest BCUT2D eigenvalue weighted by Gasteiger charge is 2.29. The van der Waals surface area contributed by atoms with Gasteiger partial charge in [0.25, 0.3) is 5.91 Å². The van der Waals surface area contributed by atoms with E-state index < -0.39 is 5.82 Å². The van der Waals surface area contributed by atoms with Crippen molar-refractivity contribution in [3.8, 4) is 11.6 Å². The van der Waals surface area contributed by atoms with Crippen LogP contribution in [0.25, 0.3) is 0 Å². The summed E-state index contributed by atoms with van der Waals surface area (Å²) in [5.74, 6) is -0.197. The molecule has 4 rings (SSSR count). The summed E-state index contributed by atoms with van der Waals surface area (Å²) >= 11 is 1.40. The van der Waals surface area contributed by atoms with Crippen LogP contribution in [-0.4, -0.2) is 38.8 Å². The van der Waals surface area contributed by atoms with E-state index in [4.69, 9.17) is 4.74 Å². The summed E-state index contributed by atoms with van der Waals surface area (Å²) in [5.41, 5.74) is 2.75. The van der Waals surface area contributed by atoms with Crippen LogP contribution in [0.2, 0.25) is 0 Å². The predicted molar refractivity (Wildman–Crippen MR) is 98.5 cm³/mol. The molecule has 3 heterocycles. The maximum atomic E-state index is 13.9. The van der Waals surface area contributed by atoms with Crippen molar-refractivity contribution in [3.05, 3.63) is 64.8 Å². The first-order valence-corrected chi connectivity index (χ1v) is 9.57. The Bertz CT molecular complexity index is 935. The van der Waals surface area contributed by atoms with Crippen LogP contribution >= 0.6 is 11.3 Å². The topological polar surface area (TPSA) is 68.2 Å². The molecule has 1 fully saturated rings. The number of hydrogen-bond acceptors (Lipinski definition) is 6. The highest BCUT2D eigenvalue weighted by atomic mass is 32.1. The van der Waals surface area contributed by atoms with Gasteiger partial charge >= 0.3 is 0 Å². The smallest absolute Gasteiger partial charge is 0.273 e. The summed E-state index contributed by atoms with van der Waals surface area (Å²) in [5, 5.41) is 1.75. The summed E-state index contributed by atoms with van der Waals surface area (Å²) in [7, 11) is 0. The number of carbonyl (C=O) groups is 1. The number of para-hydroxylation sites is 1. The lowest BCUT2D eigenvalue weighted by molar-refractivity contribution is 0.0699. The minimum Gasteiger partial charge on any atom is -0.434 e. The highest BCUT2D eigenvalue weighted by Crippen LogP contribution is 2.33. The van der Waals surface area contributed by atoms with Crippen LogP contribution in [-0.2, 0) is 0 Å². The lowest BCUT2D eigenvalue weighted by Gasteiger charge is -2.32. The second-order valence-corrected chi connectivity index (χ2v) is 6.96. The number of ether oxygens (including phenoxy) is 1. The molecule has 1 aromatic carbocycles. The monoisotopic (exact) mass is 384 g/mol. The minimum absolute atomic E-state index is 0.0307. The van der Waals surface area contributed by atoms with Crippen molar-refractivity contribution < 1.29 is 13.9 Å². The molecule has 0 bridgehead atoms. The second-order valence-electron chi connectivity index (χ2n) is 6.24. The summed E-state index contributed by atoms with van der Waals surface area (Å²) in [6, 6.07) is 6.18. The van der Waals surface area contributed by atoms with E-state index in [1.807, 2.05) is 0 Å². The summed E-state index contributed by atoms with van der Waals surface area (Å²) < 4.78 is 19.6. The van der Waals surface area contributed by atoms with E-state index in [-0.39, 0.29) is 23.5 Å². The third kappa shape index (κ3) is 3.80. The number of piperidine rings is 1. The molecule has 1 aliphatic heterocycles. The molecule has 0 N–H and O–H groups in total. The number of amides is 1. The van der Waals surface area contributed by atoms with Gasteiger partial charge in [-0.05, 0) is 25.0 Å². The van der Waals surface area contributed by atoms with Crippen LogP contribution in [0.15, 0.2) is 47.5 Å². The molecule has 1 atom stereocenters. The first-order chi connectivity index (χ1) is 13.2. The molecule has 27 heavy (non-hydrogen) atoms. The summed E-state index contributed by atoms with van der Waals surface area (Å²) in [4.78, 5) is 27.2. The van der Waals surface area contributed by atoms with Gasteiger partial charge in [-0.25, -0.2) is 14.4 Å². The number of nitrogens with zero attached hydrogens (tertiary/aromatic N) is 4. The van der Waals surface area contributed by atoms with Gasteiger partial charge in [-0.2, -0.15) is 0 Å². The fourth-order valence-electron chi connectivity index (χ4n) is 3.19. The zero-order valence-electron chi connectivity index (χ0n) is 14.4. The molecular weight excluding hydrogens is 367 g/mol. The first kappa shape index (κ1) is 17.5. The van der Waals surface area contributed by atoms with Gasteiger partial charge in [-0.15, -0.1) is 11.3 Å². The lowest BCUT2D eigenvalue weighted by atomic mass is 9.94. The molecule has 8 heteroatoms. The van der Waals surface area contributed by atoms with E-state index in [1.165, 1.54) is 23.6 Å². The zero-order chi connectivity index (χ0) is 18.6. The molecule has 138 valence electrons. The predicted octanol–water partition coefficient (Wildman–Crippen LogP) is 3.88. The number of hydrogen-bond donors (Lipinski definition) is 0. The van der Waals surface area contributed by atoms with Crippen LogP contribution in [0.4, 0.5) is 4.39 Å². The van der Waals surface area contributed by atoms with Crippen LogP contribution in [0, 0.1) is 5.82 Å². The Hall–Kier alpha value is -2.87. The summed E-state index contributed by atoms with van der Waals surface area (Å²) in [6.45, 7) is 1.18. The van der Waals surface area contributed by atoms with Crippen molar-refractivity contribution in [1.29, 1.82) is 0 Å². The number of carbonyl (C=O) groups excluding carboxylic acids is 1. The van der Waals surface area contributed by atoms with Gasteiger partial charge in [-0.3, -0.25) is 9.78 Å². The van der Waals surface area contributed by atoms with Crippen LogP contribution in [0.5, 0.6) is 11.6 Å². The fourth-order valence-corrected chi connectivity index (χ4v) is 3.72. The Kier molecular flexibility index (Phi) is 5.06. The van der Waals surface area contributed by atoms with Crippen LogP contribution in [0.3, 0.4) is 0 Å². The van der Waals surface area contributed by atoms with E-state index in [0.717, 1.165) is 12.8 Å². The fraction of sp³-hybridized carbons (Fsp3) is 0.263. The molecule has 0 aliphatic carbocycles. The van der Waals surface area contributed by atoms with Crippen LogP contribution in [0.1, 0.15) is 34.9 Å². The number of aromatic nitrogens is 3. The average molecular weight is 384 g/mol. The average Bonchev–Trinajstić information content (AvgIpc) is 3.24. The Morgan fingerprint density at radius 2 is 2.07 bits per heavy atom. The van der Waals surface area contributed by atoms with Crippen molar-refractivity contribution in [3.63, 3.8) is 0 Å². The quantitative estimate of drug-likeness (QED) is 0.683. The number of likely N-dealkylation sites (tertiary alicyclic amines) is 1. The van der Waals surface area contributed by atoms with E-state index >= 15 is 0 Å². The molecule has 1 saturated heterocycles. The molecule has 3 aromatic rings. The van der Waals surface area contributed by atoms with Crippen molar-refractivity contribution in [2.75, 3.05) is 13.1 Å². The number of rotatable bonds is 4. The van der Waals surface area contributed by atoms with Crippen LogP contribution < -0.4 is 4.74 Å². The molecular formula is C19H17FN4O2S. The standard InChI is InChI=1S/C19H17FN4O2S/c20-14-5-1-2-6-16(14)26-18-17(21-7-8-22-18)13-4-3-9-24(10-13)19(25)15-11-27-12-23-15/h1-2,5-8,11-13H,3-4,9-10H2/t13-/m0/s1. The van der Waals surface area contributed by atoms with Gasteiger partial charge in [0.15, 0.2) is 11.6 Å². The molecule has 0 saturated carbocycles. The van der Waals surface area contributed by atoms with Gasteiger partial charge in [0.05, 0.1) is 5.51 Å². The molecule has 0 spiro atoms. The van der Waals surface area contributed by atoms with E-state index in [0.29, 0.717) is 24.5 Å². The van der Waals surface area contributed by atoms with Gasteiger partial charge in [-0.1, -0.05) is 12.1 Å². The van der Waals surface area contributed by atoms with E-state index in [9.17, 15) is 9.18 Å². The minimum atomic E-state index is -0.460. The van der Waals surface area contributed by atoms with E-state index in [1.54, 1.807) is 40.2 Å². The largest absolute Gasteiger partial charge is 0.434 e. The van der Waals surface area contributed by atoms with E-state index in [2.05, 4.69) is 15.0 Å². The molecule has 0 unspecified atom stereocenters. The maximum absolute atomic E-state index is 13.9. The van der Waals surface area contributed by atoms with Crippen molar-refractivity contribution in [2.45, 2.75) is 18.8 Å². The summed E-state index contributed by atoms with van der Waals surface area (Å²) in [6.07, 6.45) is 4.80. The number of thiazole rings is 1. The first-order valence-electron chi connectivity index (χ1n) is 8.63. The Morgan fingerprint density at radius 1 is 1.22 bits per heavy atom. The van der Waals surface area contributed by atoms with Crippen molar-refractivity contribution in [1.82, 2.24) is 19.9 Å². The lowest BCUT2D eigenvalue weighted by Crippen LogP contribution is -2.39. The highest BCUT2D eigenvalue weighted by molar-refractivity contribution is 7.07. The third-order valence-corrected chi connectivity index (χ3v) is 5.07. The molecule has 1 amide bonds. The van der Waals surface area contributed by atoms with Gasteiger partial charge < -0.3 is 9.64 Å². The molecule has 0 radical (unpaired) electrons. The Morgan fingerprint density at radius 3 is 2.89 bits per heavy atom. The maximum Gasteiger partial charge on any atom is 0.273 e. The molecule has 1 aliphatic rings. The Balaban J connectivity index is 1.56. The van der Waals surface area contributed by atoms with Crippen molar-refractivity contribution in [2.24, 2.45) is 0 Å². The molecule has 6 nitrogen and oxygen atoms in total. The number of benzene rings is 1. The number of halogens is 1. The molecule has 2 aromatic heterocycles.